The van der Waals surface area contributed by atoms with Gasteiger partial charge in [0.25, 0.3) is 0 Å². The summed E-state index contributed by atoms with van der Waals surface area (Å²) in [6.07, 6.45) is 0.764. The van der Waals surface area contributed by atoms with Crippen LogP contribution in [0.15, 0.2) is 10.9 Å². The van der Waals surface area contributed by atoms with Crippen molar-refractivity contribution in [1.29, 1.82) is 0 Å². The van der Waals surface area contributed by atoms with E-state index in [1.165, 1.54) is 2.78 Å². The number of likely N-dealkylation sites (N-methyl/N-ethyl adjacent to an activating group) is 1. The second-order valence-corrected chi connectivity index (χ2v) is 7.93. The third-order valence-electron chi connectivity index (χ3n) is 5.31. The number of anilines is 1. The van der Waals surface area contributed by atoms with Crippen LogP contribution in [0.25, 0.3) is 10.9 Å². The molecule has 2 aliphatic heterocycles. The van der Waals surface area contributed by atoms with Crippen LogP contribution in [0.5, 0.6) is 5.75 Å². The lowest BCUT2D eigenvalue weighted by molar-refractivity contribution is 0.178. The fourth-order valence-corrected chi connectivity index (χ4v) is 4.23. The zero-order valence-corrected chi connectivity index (χ0v) is 16.6. The molecule has 0 aliphatic carbocycles. The van der Waals surface area contributed by atoms with E-state index in [1.54, 1.807) is 13.0 Å². The van der Waals surface area contributed by atoms with Gasteiger partial charge in [0, 0.05) is 31.6 Å². The number of fused-ring (bicyclic) bond motifs is 2. The molecule has 0 saturated carbocycles. The molecule has 25 heavy (non-hydrogen) atoms. The summed E-state index contributed by atoms with van der Waals surface area (Å²) in [7, 11) is 2.10. The number of nitrogens with zero attached hydrogens (tertiary/aromatic N) is 4. The molecule has 0 bridgehead atoms. The first-order chi connectivity index (χ1) is 11.9. The zero-order chi connectivity index (χ0) is 17.9. The van der Waals surface area contributed by atoms with Crippen LogP contribution < -0.4 is 15.3 Å². The second kappa shape index (κ2) is 6.08. The highest BCUT2D eigenvalue weighted by atomic mass is 127. The van der Waals surface area contributed by atoms with Gasteiger partial charge < -0.3 is 9.64 Å². The van der Waals surface area contributed by atoms with Crippen LogP contribution in [-0.2, 0) is 0 Å². The molecule has 1 aromatic heterocycles. The summed E-state index contributed by atoms with van der Waals surface area (Å²) in [5.41, 5.74) is 0.774. The Morgan fingerprint density at radius 1 is 1.40 bits per heavy atom. The maximum Gasteiger partial charge on any atom is 0.359 e. The molecule has 2 unspecified atom stereocenters. The van der Waals surface area contributed by atoms with Gasteiger partial charge in [0.15, 0.2) is 11.6 Å². The number of ether oxygens (including phenoxy) is 1. The normalized spacial score (nSPS) is 23.8. The lowest BCUT2D eigenvalue weighted by Gasteiger charge is -2.45. The number of hydrogen-bond acceptors (Lipinski definition) is 5. The van der Waals surface area contributed by atoms with Crippen LogP contribution in [0, 0.1) is 12.7 Å². The minimum Gasteiger partial charge on any atom is -0.490 e. The number of piperazine rings is 1. The Bertz CT molecular complexity index is 916. The number of halogens is 2. The molecule has 2 aliphatic rings. The van der Waals surface area contributed by atoms with E-state index in [1.807, 2.05) is 22.9 Å². The van der Waals surface area contributed by atoms with Gasteiger partial charge in [0.1, 0.15) is 5.82 Å². The number of aryl methyl sites for hydroxylation is 1. The molecule has 2 atom stereocenters. The maximum absolute atomic E-state index is 14.8. The Morgan fingerprint density at radius 3 is 2.92 bits per heavy atom. The van der Waals surface area contributed by atoms with E-state index in [9.17, 15) is 9.18 Å². The number of hydrogen-bond donors (Lipinski definition) is 0. The minimum atomic E-state index is -0.369. The first kappa shape index (κ1) is 17.0. The summed E-state index contributed by atoms with van der Waals surface area (Å²) in [5.74, 6) is 0.394. The molecule has 134 valence electrons. The smallest absolute Gasteiger partial charge is 0.359 e. The van der Waals surface area contributed by atoms with Gasteiger partial charge in [-0.2, -0.15) is 4.98 Å². The van der Waals surface area contributed by atoms with Crippen molar-refractivity contribution >= 4 is 39.6 Å². The maximum atomic E-state index is 14.8. The second-order valence-electron chi connectivity index (χ2n) is 6.96. The molecular weight excluding hydrogens is 438 g/mol. The molecule has 8 heteroatoms. The molecule has 2 aromatic rings. The summed E-state index contributed by atoms with van der Waals surface area (Å²) in [5, 5.41) is 0.596. The van der Waals surface area contributed by atoms with Crippen LogP contribution in [0.4, 0.5) is 10.2 Å². The molecule has 1 aromatic carbocycles. The first-order valence-electron chi connectivity index (χ1n) is 8.40. The summed E-state index contributed by atoms with van der Waals surface area (Å²) < 4.78 is 22.1. The Balaban J connectivity index is 2.05. The molecule has 0 amide bonds. The SMILES string of the molecule is Cc1cc2c3c(nc(=O)n2I)N2CC(C)N(C)CC2CCOc3c1F. The molecule has 1 fully saturated rings. The third-order valence-corrected chi connectivity index (χ3v) is 6.24. The van der Waals surface area contributed by atoms with Crippen molar-refractivity contribution in [3.63, 3.8) is 0 Å². The molecule has 6 nitrogen and oxygen atoms in total. The van der Waals surface area contributed by atoms with Gasteiger partial charge >= 0.3 is 5.69 Å². The molecule has 1 saturated heterocycles. The molecule has 0 spiro atoms. The lowest BCUT2D eigenvalue weighted by Crippen LogP contribution is -2.57. The van der Waals surface area contributed by atoms with Crippen LogP contribution in [-0.4, -0.2) is 51.5 Å². The molecule has 4 rings (SSSR count). The van der Waals surface area contributed by atoms with E-state index < -0.39 is 0 Å². The monoisotopic (exact) mass is 458 g/mol. The van der Waals surface area contributed by atoms with Crippen LogP contribution >= 0.6 is 22.9 Å². The van der Waals surface area contributed by atoms with Gasteiger partial charge in [0.05, 0.1) is 40.4 Å². The van der Waals surface area contributed by atoms with Crippen molar-refractivity contribution in [2.75, 3.05) is 31.6 Å². The Morgan fingerprint density at radius 2 is 2.16 bits per heavy atom. The predicted molar refractivity (Wildman–Crippen MR) is 103 cm³/mol. The molecule has 0 radical (unpaired) electrons. The number of benzene rings is 1. The first-order valence-corrected chi connectivity index (χ1v) is 9.36. The topological polar surface area (TPSA) is 50.6 Å². The van der Waals surface area contributed by atoms with Crippen LogP contribution in [0.2, 0.25) is 0 Å². The Kier molecular flexibility index (Phi) is 4.14. The van der Waals surface area contributed by atoms with Crippen LogP contribution in [0.1, 0.15) is 18.9 Å². The fourth-order valence-electron chi connectivity index (χ4n) is 3.74. The number of aromatic nitrogens is 2. The summed E-state index contributed by atoms with van der Waals surface area (Å²) in [6.45, 7) is 5.90. The van der Waals surface area contributed by atoms with Crippen LogP contribution in [0.3, 0.4) is 0 Å². The Labute approximate surface area is 159 Å². The van der Waals surface area contributed by atoms with Crippen molar-refractivity contribution in [1.82, 2.24) is 12.7 Å². The van der Waals surface area contributed by atoms with Gasteiger partial charge in [-0.05, 0) is 32.5 Å². The van der Waals surface area contributed by atoms with E-state index >= 15 is 0 Å². The summed E-state index contributed by atoms with van der Waals surface area (Å²) in [6, 6.07) is 2.22. The van der Waals surface area contributed by atoms with E-state index in [-0.39, 0.29) is 23.3 Å². The van der Waals surface area contributed by atoms with E-state index in [4.69, 9.17) is 4.74 Å². The van der Waals surface area contributed by atoms with Crippen molar-refractivity contribution in [3.8, 4) is 5.75 Å². The molecule has 0 N–H and O–H groups in total. The van der Waals surface area contributed by atoms with Crippen molar-refractivity contribution < 1.29 is 9.13 Å². The van der Waals surface area contributed by atoms with Crippen molar-refractivity contribution in [2.45, 2.75) is 32.4 Å². The number of rotatable bonds is 0. The van der Waals surface area contributed by atoms with E-state index in [0.29, 0.717) is 34.9 Å². The van der Waals surface area contributed by atoms with Gasteiger partial charge in [-0.1, -0.05) is 0 Å². The summed E-state index contributed by atoms with van der Waals surface area (Å²) >= 11 is 1.92. The van der Waals surface area contributed by atoms with Gasteiger partial charge in [0.2, 0.25) is 0 Å². The average molecular weight is 458 g/mol. The summed E-state index contributed by atoms with van der Waals surface area (Å²) in [4.78, 5) is 21.2. The lowest BCUT2D eigenvalue weighted by atomic mass is 10.0. The largest absolute Gasteiger partial charge is 0.490 e. The average Bonchev–Trinajstić information content (AvgIpc) is 2.56. The van der Waals surface area contributed by atoms with Crippen molar-refractivity contribution in [3.05, 3.63) is 27.9 Å². The van der Waals surface area contributed by atoms with Crippen molar-refractivity contribution in [2.24, 2.45) is 0 Å². The van der Waals surface area contributed by atoms with Gasteiger partial charge in [-0.15, -0.1) is 0 Å². The highest BCUT2D eigenvalue weighted by Crippen LogP contribution is 2.39. The predicted octanol–water partition coefficient (Wildman–Crippen LogP) is 2.33. The van der Waals surface area contributed by atoms with E-state index in [2.05, 4.69) is 28.8 Å². The standard InChI is InChI=1S/C17H20FIN4O2/c1-9-6-12-13-15(14(9)18)25-5-4-11-8-21(3)10(2)7-22(11)16(13)20-17(24)23(12)19/h6,10-11H,4-5,7-8H2,1-3H3. The van der Waals surface area contributed by atoms with E-state index in [0.717, 1.165) is 19.5 Å². The van der Waals surface area contributed by atoms with Gasteiger partial charge in [-0.3, -0.25) is 4.90 Å². The highest BCUT2D eigenvalue weighted by molar-refractivity contribution is 14.1. The molecule has 3 heterocycles. The molecular formula is C17H20FIN4O2. The quantitative estimate of drug-likeness (QED) is 0.568. The third kappa shape index (κ3) is 2.61. The Hall–Kier alpha value is -1.42. The fraction of sp³-hybridized carbons (Fsp3) is 0.529. The zero-order valence-electron chi connectivity index (χ0n) is 14.4. The minimum absolute atomic E-state index is 0.193. The van der Waals surface area contributed by atoms with Gasteiger partial charge in [-0.25, -0.2) is 12.0 Å². The highest BCUT2D eigenvalue weighted by Gasteiger charge is 2.35.